The smallest absolute Gasteiger partial charge is 0.274 e. The van der Waals surface area contributed by atoms with Crippen molar-refractivity contribution in [1.29, 1.82) is 0 Å². The molecule has 5 nitrogen and oxygen atoms in total. The Morgan fingerprint density at radius 1 is 1.24 bits per heavy atom. The Hall–Kier alpha value is -2.30. The van der Waals surface area contributed by atoms with Crippen LogP contribution in [0.4, 0.5) is 5.69 Å². The number of aromatic nitrogens is 2. The fourth-order valence-corrected chi connectivity index (χ4v) is 3.14. The fraction of sp³-hybridized carbons (Fsp3) is 0.375. The number of carbonyl (C=O) groups is 1. The Morgan fingerprint density at radius 2 is 1.90 bits per heavy atom. The van der Waals surface area contributed by atoms with E-state index in [-0.39, 0.29) is 11.9 Å². The van der Waals surface area contributed by atoms with Gasteiger partial charge in [-0.05, 0) is 36.8 Å². The monoisotopic (exact) mass is 282 g/mol. The van der Waals surface area contributed by atoms with E-state index in [2.05, 4.69) is 27.6 Å². The van der Waals surface area contributed by atoms with Gasteiger partial charge in [0, 0.05) is 12.0 Å². The number of nitrogens with one attached hydrogen (secondary N) is 2. The van der Waals surface area contributed by atoms with Gasteiger partial charge in [0.05, 0.1) is 11.4 Å². The number of nitrogens with two attached hydrogens (primary N) is 1. The fourth-order valence-electron chi connectivity index (χ4n) is 3.14. The number of hydrogen-bond acceptors (Lipinski definition) is 3. The van der Waals surface area contributed by atoms with Gasteiger partial charge in [-0.25, -0.2) is 0 Å². The lowest BCUT2D eigenvalue weighted by Gasteiger charge is -2.11. The summed E-state index contributed by atoms with van der Waals surface area (Å²) in [4.78, 5) is 12.4. The Morgan fingerprint density at radius 3 is 2.52 bits per heavy atom. The molecule has 0 radical (unpaired) electrons. The largest absolute Gasteiger partial charge is 0.395 e. The van der Waals surface area contributed by atoms with Crippen LogP contribution in [0, 0.1) is 0 Å². The highest BCUT2D eigenvalue weighted by molar-refractivity contribution is 5.98. The van der Waals surface area contributed by atoms with Crippen molar-refractivity contribution in [2.75, 3.05) is 5.73 Å². The van der Waals surface area contributed by atoms with Gasteiger partial charge in [0.2, 0.25) is 0 Å². The Kier molecular flexibility index (Phi) is 2.74. The van der Waals surface area contributed by atoms with E-state index < -0.39 is 0 Å². The summed E-state index contributed by atoms with van der Waals surface area (Å²) in [6.07, 6.45) is 4.01. The minimum absolute atomic E-state index is 0.135. The van der Waals surface area contributed by atoms with Gasteiger partial charge in [-0.15, -0.1) is 0 Å². The van der Waals surface area contributed by atoms with Gasteiger partial charge in [0.1, 0.15) is 0 Å². The van der Waals surface area contributed by atoms with E-state index in [1.54, 1.807) is 0 Å². The van der Waals surface area contributed by atoms with Crippen LogP contribution < -0.4 is 11.1 Å². The molecule has 108 valence electrons. The number of H-pyrrole nitrogens is 1. The van der Waals surface area contributed by atoms with E-state index in [0.29, 0.717) is 17.3 Å². The number of anilines is 1. The highest BCUT2D eigenvalue weighted by Gasteiger charge is 2.31. The zero-order valence-corrected chi connectivity index (χ0v) is 11.7. The van der Waals surface area contributed by atoms with Crippen LogP contribution in [0.3, 0.4) is 0 Å². The highest BCUT2D eigenvalue weighted by atomic mass is 16.2. The molecule has 0 unspecified atom stereocenters. The minimum atomic E-state index is -0.173. The molecular formula is C16H18N4O. The molecule has 1 heterocycles. The van der Waals surface area contributed by atoms with Crippen LogP contribution in [0.15, 0.2) is 24.3 Å². The zero-order chi connectivity index (χ0) is 14.4. The minimum Gasteiger partial charge on any atom is -0.395 e. The van der Waals surface area contributed by atoms with E-state index in [4.69, 9.17) is 5.73 Å². The van der Waals surface area contributed by atoms with Crippen LogP contribution in [0.25, 0.3) is 0 Å². The molecule has 2 aromatic rings. The quantitative estimate of drug-likeness (QED) is 0.802. The number of fused-ring (bicyclic) bond motifs is 1. The Bertz CT molecular complexity index is 677. The number of rotatable bonds is 3. The van der Waals surface area contributed by atoms with Gasteiger partial charge in [0.25, 0.3) is 5.91 Å². The first-order valence-corrected chi connectivity index (χ1v) is 7.43. The summed E-state index contributed by atoms with van der Waals surface area (Å²) in [5.74, 6) is 0.295. The molecule has 21 heavy (non-hydrogen) atoms. The third-order valence-corrected chi connectivity index (χ3v) is 4.42. The number of hydrogen-bond donors (Lipinski definition) is 3. The predicted octanol–water partition coefficient (Wildman–Crippen LogP) is 1.77. The van der Waals surface area contributed by atoms with Gasteiger partial charge < -0.3 is 11.1 Å². The van der Waals surface area contributed by atoms with Crippen molar-refractivity contribution in [2.24, 2.45) is 0 Å². The molecule has 2 aliphatic carbocycles. The summed E-state index contributed by atoms with van der Waals surface area (Å²) in [6, 6.07) is 8.45. The predicted molar refractivity (Wildman–Crippen MR) is 80.1 cm³/mol. The van der Waals surface area contributed by atoms with Crippen molar-refractivity contribution in [3.8, 4) is 0 Å². The van der Waals surface area contributed by atoms with Gasteiger partial charge in [0.15, 0.2) is 5.69 Å². The van der Waals surface area contributed by atoms with Gasteiger partial charge in [-0.2, -0.15) is 5.10 Å². The number of benzene rings is 1. The molecule has 0 bridgehead atoms. The first-order chi connectivity index (χ1) is 10.2. The number of amides is 1. The lowest BCUT2D eigenvalue weighted by molar-refractivity contribution is 0.0934. The number of aromatic amines is 1. The van der Waals surface area contributed by atoms with Crippen LogP contribution in [-0.2, 0) is 12.8 Å². The van der Waals surface area contributed by atoms with Gasteiger partial charge in [-0.1, -0.05) is 24.3 Å². The van der Waals surface area contributed by atoms with Crippen LogP contribution >= 0.6 is 0 Å². The SMILES string of the molecule is Nc1c(C(=O)NC2Cc3ccccc3C2)n[nH]c1C1CC1. The van der Waals surface area contributed by atoms with E-state index in [9.17, 15) is 4.79 Å². The molecule has 1 amide bonds. The zero-order valence-electron chi connectivity index (χ0n) is 11.7. The highest BCUT2D eigenvalue weighted by Crippen LogP contribution is 2.42. The normalized spacial score (nSPS) is 17.7. The second kappa shape index (κ2) is 4.62. The maximum Gasteiger partial charge on any atom is 0.274 e. The van der Waals surface area contributed by atoms with Crippen molar-refractivity contribution < 1.29 is 4.79 Å². The molecule has 2 aliphatic rings. The standard InChI is InChI=1S/C16H18N4O/c17-13-14(9-5-6-9)19-20-15(13)16(21)18-12-7-10-3-1-2-4-11(10)8-12/h1-4,9,12H,5-8,17H2,(H,18,21)(H,19,20). The first kappa shape index (κ1) is 12.4. The molecular weight excluding hydrogens is 264 g/mol. The summed E-state index contributed by atoms with van der Waals surface area (Å²) < 4.78 is 0. The second-order valence-electron chi connectivity index (χ2n) is 6.02. The van der Waals surface area contributed by atoms with E-state index >= 15 is 0 Å². The van der Waals surface area contributed by atoms with Crippen molar-refractivity contribution in [1.82, 2.24) is 15.5 Å². The molecule has 0 spiro atoms. The summed E-state index contributed by atoms with van der Waals surface area (Å²) in [7, 11) is 0. The number of carbonyl (C=O) groups excluding carboxylic acids is 1. The molecule has 5 heteroatoms. The molecule has 0 aliphatic heterocycles. The molecule has 4 N–H and O–H groups in total. The summed E-state index contributed by atoms with van der Waals surface area (Å²) in [6.45, 7) is 0. The van der Waals surface area contributed by atoms with Crippen molar-refractivity contribution in [3.05, 3.63) is 46.8 Å². The summed E-state index contributed by atoms with van der Waals surface area (Å²) in [5, 5.41) is 10.1. The summed E-state index contributed by atoms with van der Waals surface area (Å²) in [5.41, 5.74) is 10.5. The molecule has 1 saturated carbocycles. The lowest BCUT2D eigenvalue weighted by Crippen LogP contribution is -2.35. The van der Waals surface area contributed by atoms with E-state index in [1.165, 1.54) is 11.1 Å². The molecule has 1 aromatic carbocycles. The molecule has 1 aromatic heterocycles. The van der Waals surface area contributed by atoms with E-state index in [0.717, 1.165) is 31.4 Å². The van der Waals surface area contributed by atoms with Gasteiger partial charge >= 0.3 is 0 Å². The van der Waals surface area contributed by atoms with E-state index in [1.807, 2.05) is 12.1 Å². The molecule has 0 atom stereocenters. The van der Waals surface area contributed by atoms with Crippen molar-refractivity contribution in [2.45, 2.75) is 37.6 Å². The molecule has 1 fully saturated rings. The first-order valence-electron chi connectivity index (χ1n) is 7.43. The average Bonchev–Trinajstić information content (AvgIpc) is 3.11. The number of nitrogen functional groups attached to an aromatic ring is 1. The average molecular weight is 282 g/mol. The molecule has 4 rings (SSSR count). The molecule has 0 saturated heterocycles. The maximum absolute atomic E-state index is 12.4. The lowest BCUT2D eigenvalue weighted by atomic mass is 10.1. The third-order valence-electron chi connectivity index (χ3n) is 4.42. The van der Waals surface area contributed by atoms with Gasteiger partial charge in [-0.3, -0.25) is 9.89 Å². The summed E-state index contributed by atoms with van der Waals surface area (Å²) >= 11 is 0. The van der Waals surface area contributed by atoms with Crippen LogP contribution in [-0.4, -0.2) is 22.1 Å². The van der Waals surface area contributed by atoms with Crippen molar-refractivity contribution in [3.63, 3.8) is 0 Å². The van der Waals surface area contributed by atoms with Crippen LogP contribution in [0.2, 0.25) is 0 Å². The number of nitrogens with zero attached hydrogens (tertiary/aromatic N) is 1. The third kappa shape index (κ3) is 2.18. The Labute approximate surface area is 122 Å². The Balaban J connectivity index is 1.47. The second-order valence-corrected chi connectivity index (χ2v) is 6.02. The van der Waals surface area contributed by atoms with Crippen LogP contribution in [0.5, 0.6) is 0 Å². The van der Waals surface area contributed by atoms with Crippen molar-refractivity contribution >= 4 is 11.6 Å². The topological polar surface area (TPSA) is 83.8 Å². The van der Waals surface area contributed by atoms with Crippen LogP contribution in [0.1, 0.15) is 46.1 Å². The maximum atomic E-state index is 12.4.